The first kappa shape index (κ1) is 18.0. The number of hydrogen-bond acceptors (Lipinski definition) is 6. The van der Waals surface area contributed by atoms with Crippen LogP contribution in [0.25, 0.3) is 22.0 Å². The molecule has 0 bridgehead atoms. The summed E-state index contributed by atoms with van der Waals surface area (Å²) >= 11 is 1.32. The Labute approximate surface area is 164 Å². The summed E-state index contributed by atoms with van der Waals surface area (Å²) < 4.78 is 1.16. The molecule has 4 rings (SSSR count). The zero-order valence-corrected chi connectivity index (χ0v) is 15.9. The fraction of sp³-hybridized carbons (Fsp3) is 0.150. The smallest absolute Gasteiger partial charge is 0.267 e. The van der Waals surface area contributed by atoms with Gasteiger partial charge in [-0.25, -0.2) is 4.68 Å². The number of anilines is 1. The zero-order valence-electron chi connectivity index (χ0n) is 15.1. The van der Waals surface area contributed by atoms with Crippen molar-refractivity contribution in [2.75, 3.05) is 5.32 Å². The van der Waals surface area contributed by atoms with Crippen molar-refractivity contribution in [3.05, 3.63) is 70.0 Å². The minimum absolute atomic E-state index is 0.196. The molecule has 140 valence electrons. The highest BCUT2D eigenvalue weighted by molar-refractivity contribution is 7.15. The molecule has 2 heterocycles. The van der Waals surface area contributed by atoms with Gasteiger partial charge in [0.2, 0.25) is 11.0 Å². The molecule has 2 aromatic carbocycles. The van der Waals surface area contributed by atoms with Crippen LogP contribution >= 0.6 is 11.3 Å². The Kier molecular flexibility index (Phi) is 4.94. The largest absolute Gasteiger partial charge is 0.299 e. The van der Waals surface area contributed by atoms with Crippen LogP contribution in [0.2, 0.25) is 0 Å². The Bertz CT molecular complexity index is 1210. The molecule has 28 heavy (non-hydrogen) atoms. The Morgan fingerprint density at radius 2 is 1.89 bits per heavy atom. The van der Waals surface area contributed by atoms with Gasteiger partial charge in [-0.3, -0.25) is 14.9 Å². The van der Waals surface area contributed by atoms with Gasteiger partial charge in [0.25, 0.3) is 5.56 Å². The molecule has 0 unspecified atom stereocenters. The minimum atomic E-state index is -0.372. The third-order valence-corrected chi connectivity index (χ3v) is 5.22. The quantitative estimate of drug-likeness (QED) is 0.565. The van der Waals surface area contributed by atoms with Gasteiger partial charge in [-0.2, -0.15) is 5.10 Å². The molecule has 0 fully saturated rings. The van der Waals surface area contributed by atoms with Crippen molar-refractivity contribution in [2.45, 2.75) is 19.9 Å². The predicted octanol–water partition coefficient (Wildman–Crippen LogP) is 3.12. The fourth-order valence-corrected chi connectivity index (χ4v) is 3.59. The van der Waals surface area contributed by atoms with Crippen molar-refractivity contribution >= 4 is 33.1 Å². The average molecular weight is 391 g/mol. The molecule has 1 N–H and O–H groups in total. The number of carbonyl (C=O) groups excluding carboxylic acids is 1. The van der Waals surface area contributed by atoms with E-state index in [0.29, 0.717) is 10.8 Å². The van der Waals surface area contributed by atoms with E-state index in [-0.39, 0.29) is 18.0 Å². The predicted molar refractivity (Wildman–Crippen MR) is 109 cm³/mol. The number of nitrogens with zero attached hydrogens (tertiary/aromatic N) is 4. The Hall–Kier alpha value is -3.39. The van der Waals surface area contributed by atoms with Crippen molar-refractivity contribution in [3.8, 4) is 11.3 Å². The minimum Gasteiger partial charge on any atom is -0.299 e. The van der Waals surface area contributed by atoms with Gasteiger partial charge in [0.1, 0.15) is 11.6 Å². The van der Waals surface area contributed by atoms with Crippen LogP contribution in [0.5, 0.6) is 0 Å². The summed E-state index contributed by atoms with van der Waals surface area (Å²) in [7, 11) is 0. The molecular formula is C20H17N5O2S. The SMILES string of the molecule is CCc1nnc(NC(=O)Cn2nc(-c3cccc4ccccc34)ccc2=O)s1. The van der Waals surface area contributed by atoms with Gasteiger partial charge in [0.15, 0.2) is 0 Å². The van der Waals surface area contributed by atoms with Gasteiger partial charge in [-0.15, -0.1) is 10.2 Å². The zero-order chi connectivity index (χ0) is 19.5. The molecule has 0 spiro atoms. The normalized spacial score (nSPS) is 10.9. The summed E-state index contributed by atoms with van der Waals surface area (Å²) in [6.07, 6.45) is 0.752. The molecule has 8 heteroatoms. The highest BCUT2D eigenvalue weighted by atomic mass is 32.1. The molecule has 0 atom stereocenters. The van der Waals surface area contributed by atoms with Crippen LogP contribution in [0.4, 0.5) is 5.13 Å². The number of carbonyl (C=O) groups is 1. The second-order valence-corrected chi connectivity index (χ2v) is 7.21. The van der Waals surface area contributed by atoms with Gasteiger partial charge in [0.05, 0.1) is 5.69 Å². The Morgan fingerprint density at radius 1 is 1.07 bits per heavy atom. The number of rotatable bonds is 5. The highest BCUT2D eigenvalue weighted by Crippen LogP contribution is 2.26. The van der Waals surface area contributed by atoms with Gasteiger partial charge in [-0.1, -0.05) is 60.7 Å². The van der Waals surface area contributed by atoms with E-state index in [1.54, 1.807) is 6.07 Å². The lowest BCUT2D eigenvalue weighted by molar-refractivity contribution is -0.117. The van der Waals surface area contributed by atoms with Crippen molar-refractivity contribution in [2.24, 2.45) is 0 Å². The molecule has 1 amide bonds. The number of nitrogens with one attached hydrogen (secondary N) is 1. The lowest BCUT2D eigenvalue weighted by Crippen LogP contribution is -2.29. The van der Waals surface area contributed by atoms with Crippen molar-refractivity contribution < 1.29 is 4.79 Å². The summed E-state index contributed by atoms with van der Waals surface area (Å²) in [5.41, 5.74) is 1.20. The van der Waals surface area contributed by atoms with E-state index < -0.39 is 0 Å². The van der Waals surface area contributed by atoms with Crippen LogP contribution in [0.3, 0.4) is 0 Å². The number of amides is 1. The molecule has 4 aromatic rings. The van der Waals surface area contributed by atoms with Crippen molar-refractivity contribution in [3.63, 3.8) is 0 Å². The third-order valence-electron chi connectivity index (χ3n) is 4.24. The standard InChI is InChI=1S/C20H17N5O2S/c1-2-18-22-23-20(28-18)21-17(26)12-25-19(27)11-10-16(24-25)15-9-5-7-13-6-3-4-8-14(13)15/h3-11H,2,12H2,1H3,(H,21,23,26). The number of aryl methyl sites for hydroxylation is 1. The van der Waals surface area contributed by atoms with Gasteiger partial charge in [-0.05, 0) is 23.3 Å². The summed E-state index contributed by atoms with van der Waals surface area (Å²) in [5, 5.41) is 18.3. The Balaban J connectivity index is 1.62. The van der Waals surface area contributed by atoms with Crippen LogP contribution in [0, 0.1) is 0 Å². The average Bonchev–Trinajstić information content (AvgIpc) is 3.16. The molecule has 0 aliphatic heterocycles. The Morgan fingerprint density at radius 3 is 2.71 bits per heavy atom. The topological polar surface area (TPSA) is 89.8 Å². The van der Waals surface area contributed by atoms with E-state index in [4.69, 9.17) is 0 Å². The van der Waals surface area contributed by atoms with E-state index in [9.17, 15) is 9.59 Å². The fourth-order valence-electron chi connectivity index (χ4n) is 2.90. The molecule has 0 saturated heterocycles. The van der Waals surface area contributed by atoms with E-state index >= 15 is 0 Å². The molecule has 2 aromatic heterocycles. The van der Waals surface area contributed by atoms with Crippen LogP contribution in [-0.2, 0) is 17.8 Å². The molecule has 0 aliphatic rings. The van der Waals surface area contributed by atoms with Crippen LogP contribution in [0.15, 0.2) is 59.4 Å². The second kappa shape index (κ2) is 7.69. The van der Waals surface area contributed by atoms with E-state index in [0.717, 1.165) is 32.4 Å². The summed E-state index contributed by atoms with van der Waals surface area (Å²) in [6.45, 7) is 1.77. The van der Waals surface area contributed by atoms with Gasteiger partial charge in [0, 0.05) is 11.6 Å². The molecule has 0 aliphatic carbocycles. The van der Waals surface area contributed by atoms with E-state index in [1.807, 2.05) is 49.4 Å². The summed E-state index contributed by atoms with van der Waals surface area (Å²) in [4.78, 5) is 24.5. The van der Waals surface area contributed by atoms with Crippen molar-refractivity contribution in [1.82, 2.24) is 20.0 Å². The van der Waals surface area contributed by atoms with Crippen LogP contribution < -0.4 is 10.9 Å². The second-order valence-electron chi connectivity index (χ2n) is 6.14. The van der Waals surface area contributed by atoms with Gasteiger partial charge >= 0.3 is 0 Å². The van der Waals surface area contributed by atoms with Gasteiger partial charge < -0.3 is 0 Å². The third kappa shape index (κ3) is 3.67. The van der Waals surface area contributed by atoms with E-state index in [1.165, 1.54) is 17.4 Å². The van der Waals surface area contributed by atoms with Crippen LogP contribution in [-0.4, -0.2) is 25.9 Å². The first-order valence-electron chi connectivity index (χ1n) is 8.82. The number of benzene rings is 2. The molecule has 0 radical (unpaired) electrons. The monoisotopic (exact) mass is 391 g/mol. The number of hydrogen-bond donors (Lipinski definition) is 1. The summed E-state index contributed by atoms with van der Waals surface area (Å²) in [5.74, 6) is -0.372. The molecular weight excluding hydrogens is 374 g/mol. The molecule has 7 nitrogen and oxygen atoms in total. The highest BCUT2D eigenvalue weighted by Gasteiger charge is 2.12. The first-order chi connectivity index (χ1) is 13.6. The van der Waals surface area contributed by atoms with E-state index in [2.05, 4.69) is 20.6 Å². The lowest BCUT2D eigenvalue weighted by atomic mass is 10.0. The maximum Gasteiger partial charge on any atom is 0.267 e. The lowest BCUT2D eigenvalue weighted by Gasteiger charge is -2.09. The van der Waals surface area contributed by atoms with Crippen molar-refractivity contribution in [1.29, 1.82) is 0 Å². The summed E-state index contributed by atoms with van der Waals surface area (Å²) in [6, 6.07) is 17.0. The maximum absolute atomic E-state index is 12.3. The first-order valence-corrected chi connectivity index (χ1v) is 9.64. The molecule has 0 saturated carbocycles. The van der Waals surface area contributed by atoms with Crippen LogP contribution in [0.1, 0.15) is 11.9 Å². The maximum atomic E-state index is 12.3. The number of aromatic nitrogens is 4. The number of fused-ring (bicyclic) bond motifs is 1.